The second-order valence-corrected chi connectivity index (χ2v) is 6.49. The second kappa shape index (κ2) is 6.20. The van der Waals surface area contributed by atoms with E-state index in [1.54, 1.807) is 6.08 Å². The summed E-state index contributed by atoms with van der Waals surface area (Å²) in [5.41, 5.74) is -1.60. The molecule has 1 heterocycles. The van der Waals surface area contributed by atoms with Crippen molar-refractivity contribution in [3.05, 3.63) is 12.2 Å². The summed E-state index contributed by atoms with van der Waals surface area (Å²) in [6.07, 6.45) is 9.17. The lowest BCUT2D eigenvalue weighted by molar-refractivity contribution is -0.155. The van der Waals surface area contributed by atoms with Gasteiger partial charge < -0.3 is 5.11 Å². The number of allylic oxidation sites excluding steroid dienone is 1. The van der Waals surface area contributed by atoms with Gasteiger partial charge in [-0.15, -0.1) is 0 Å². The van der Waals surface area contributed by atoms with Gasteiger partial charge in [-0.2, -0.15) is 0 Å². The average molecular weight is 308 g/mol. The summed E-state index contributed by atoms with van der Waals surface area (Å²) in [6, 6.07) is -0.668. The molecule has 1 atom stereocenters. The van der Waals surface area contributed by atoms with E-state index in [-0.39, 0.29) is 0 Å². The minimum absolute atomic E-state index is 0.381. The van der Waals surface area contributed by atoms with Crippen molar-refractivity contribution in [3.8, 4) is 0 Å². The number of hydrogen-bond acceptors (Lipinski definition) is 4. The number of imide groups is 2. The van der Waals surface area contributed by atoms with E-state index < -0.39 is 29.4 Å². The van der Waals surface area contributed by atoms with Crippen LogP contribution in [0.2, 0.25) is 0 Å². The van der Waals surface area contributed by atoms with E-state index in [2.05, 4.69) is 0 Å². The number of rotatable bonds is 3. The van der Waals surface area contributed by atoms with Crippen molar-refractivity contribution in [1.82, 2.24) is 9.80 Å². The van der Waals surface area contributed by atoms with Gasteiger partial charge in [-0.3, -0.25) is 19.4 Å². The molecular weight excluding hydrogens is 284 g/mol. The predicted octanol–water partition coefficient (Wildman–Crippen LogP) is 1.54. The molecule has 1 saturated heterocycles. The number of aliphatic hydroxyl groups is 1. The number of urea groups is 1. The summed E-state index contributed by atoms with van der Waals surface area (Å²) in [7, 11) is 2.64. The molecule has 0 radical (unpaired) electrons. The maximum absolute atomic E-state index is 12.3. The highest BCUT2D eigenvalue weighted by Gasteiger charge is 2.50. The maximum Gasteiger partial charge on any atom is 0.332 e. The second-order valence-electron chi connectivity index (χ2n) is 6.49. The van der Waals surface area contributed by atoms with E-state index in [9.17, 15) is 19.5 Å². The summed E-state index contributed by atoms with van der Waals surface area (Å²) < 4.78 is 0. The van der Waals surface area contributed by atoms with Crippen LogP contribution >= 0.6 is 0 Å². The van der Waals surface area contributed by atoms with Crippen molar-refractivity contribution in [2.75, 3.05) is 14.1 Å². The zero-order valence-corrected chi connectivity index (χ0v) is 13.4. The molecule has 0 spiro atoms. The fraction of sp³-hybridized carbons (Fsp3) is 0.688. The fourth-order valence-electron chi connectivity index (χ4n) is 3.16. The summed E-state index contributed by atoms with van der Waals surface area (Å²) in [4.78, 5) is 38.0. The van der Waals surface area contributed by atoms with Gasteiger partial charge in [0.2, 0.25) is 11.8 Å². The Hall–Kier alpha value is -1.69. The predicted molar refractivity (Wildman–Crippen MR) is 80.8 cm³/mol. The van der Waals surface area contributed by atoms with Gasteiger partial charge in [-0.05, 0) is 25.7 Å². The molecule has 0 aromatic carbocycles. The molecule has 1 unspecified atom stereocenters. The van der Waals surface area contributed by atoms with Crippen LogP contribution in [0, 0.1) is 11.8 Å². The van der Waals surface area contributed by atoms with Crippen LogP contribution in [0.15, 0.2) is 12.2 Å². The highest BCUT2D eigenvalue weighted by atomic mass is 16.3. The van der Waals surface area contributed by atoms with Crippen LogP contribution in [0.5, 0.6) is 0 Å². The Bertz CT molecular complexity index is 482. The van der Waals surface area contributed by atoms with E-state index in [1.165, 1.54) is 40.3 Å². The molecule has 1 N–H and O–H groups in total. The molecule has 4 amide bonds. The summed E-state index contributed by atoms with van der Waals surface area (Å²) in [5.74, 6) is -2.22. The number of nitrogens with zero attached hydrogens (tertiary/aromatic N) is 2. The molecule has 6 heteroatoms. The third-order valence-electron chi connectivity index (χ3n) is 4.67. The molecule has 22 heavy (non-hydrogen) atoms. The molecule has 1 aliphatic heterocycles. The normalized spacial score (nSPS) is 25.2. The third-order valence-corrected chi connectivity index (χ3v) is 4.67. The largest absolute Gasteiger partial charge is 0.385 e. The maximum atomic E-state index is 12.3. The average Bonchev–Trinajstić information content (AvgIpc) is 2.50. The van der Waals surface area contributed by atoms with Crippen molar-refractivity contribution in [3.63, 3.8) is 0 Å². The molecule has 122 valence electrons. The van der Waals surface area contributed by atoms with Crippen molar-refractivity contribution in [1.29, 1.82) is 0 Å². The highest BCUT2D eigenvalue weighted by molar-refractivity contribution is 6.16. The molecule has 2 rings (SSSR count). The fourth-order valence-corrected chi connectivity index (χ4v) is 3.16. The zero-order valence-electron chi connectivity index (χ0n) is 13.4. The van der Waals surface area contributed by atoms with E-state index in [0.717, 1.165) is 22.6 Å². The quantitative estimate of drug-likeness (QED) is 0.633. The van der Waals surface area contributed by atoms with Gasteiger partial charge in [-0.25, -0.2) is 4.79 Å². The molecule has 6 nitrogen and oxygen atoms in total. The van der Waals surface area contributed by atoms with Crippen LogP contribution in [0.4, 0.5) is 4.79 Å². The lowest BCUT2D eigenvalue weighted by Crippen LogP contribution is -2.62. The molecule has 2 fully saturated rings. The minimum Gasteiger partial charge on any atom is -0.385 e. The van der Waals surface area contributed by atoms with Crippen LogP contribution in [0.1, 0.15) is 39.0 Å². The van der Waals surface area contributed by atoms with Gasteiger partial charge in [0.15, 0.2) is 0 Å². The third kappa shape index (κ3) is 3.06. The van der Waals surface area contributed by atoms with Gasteiger partial charge in [-0.1, -0.05) is 31.4 Å². The van der Waals surface area contributed by atoms with Crippen LogP contribution in [-0.4, -0.2) is 52.4 Å². The van der Waals surface area contributed by atoms with Gasteiger partial charge in [0, 0.05) is 14.1 Å². The van der Waals surface area contributed by atoms with Gasteiger partial charge in [0.05, 0.1) is 0 Å². The topological polar surface area (TPSA) is 77.9 Å². The highest BCUT2D eigenvalue weighted by Crippen LogP contribution is 2.30. The monoisotopic (exact) mass is 308 g/mol. The Labute approximate surface area is 130 Å². The van der Waals surface area contributed by atoms with Crippen LogP contribution in [0.3, 0.4) is 0 Å². The van der Waals surface area contributed by atoms with E-state index in [0.29, 0.717) is 5.92 Å². The summed E-state index contributed by atoms with van der Waals surface area (Å²) >= 11 is 0. The van der Waals surface area contributed by atoms with Gasteiger partial charge >= 0.3 is 6.03 Å². The Balaban J connectivity index is 2.19. The van der Waals surface area contributed by atoms with Crippen LogP contribution in [-0.2, 0) is 9.59 Å². The van der Waals surface area contributed by atoms with Crippen molar-refractivity contribution in [2.45, 2.75) is 44.6 Å². The molecule has 0 aromatic rings. The Kier molecular flexibility index (Phi) is 4.70. The van der Waals surface area contributed by atoms with E-state index in [4.69, 9.17) is 0 Å². The van der Waals surface area contributed by atoms with Crippen molar-refractivity contribution in [2.24, 2.45) is 11.8 Å². The zero-order chi connectivity index (χ0) is 16.5. The first kappa shape index (κ1) is 16.7. The van der Waals surface area contributed by atoms with E-state index >= 15 is 0 Å². The van der Waals surface area contributed by atoms with Gasteiger partial charge in [0.1, 0.15) is 11.5 Å². The molecule has 1 aliphatic carbocycles. The number of carbonyl (C=O) groups is 3. The number of hydrogen-bond donors (Lipinski definition) is 1. The molecule has 0 aromatic heterocycles. The first-order chi connectivity index (χ1) is 10.3. The SMILES string of the molecule is CN1C(=O)C(C(C)(O)/C=C/C2CCCCC2)C(=O)N(C)C1=O. The van der Waals surface area contributed by atoms with Gasteiger partial charge in [0.25, 0.3) is 0 Å². The first-order valence-electron chi connectivity index (χ1n) is 7.76. The molecule has 0 bridgehead atoms. The summed E-state index contributed by atoms with van der Waals surface area (Å²) in [6.45, 7) is 1.45. The van der Waals surface area contributed by atoms with E-state index in [1.807, 2.05) is 6.08 Å². The Morgan fingerprint density at radius 3 is 2.05 bits per heavy atom. The molecule has 1 saturated carbocycles. The Morgan fingerprint density at radius 1 is 1.05 bits per heavy atom. The minimum atomic E-state index is -1.60. The van der Waals surface area contributed by atoms with Crippen LogP contribution < -0.4 is 0 Å². The lowest BCUT2D eigenvalue weighted by Gasteiger charge is -2.38. The number of barbiturate groups is 1. The van der Waals surface area contributed by atoms with Crippen molar-refractivity contribution < 1.29 is 19.5 Å². The smallest absolute Gasteiger partial charge is 0.332 e. The molecule has 2 aliphatic rings. The van der Waals surface area contributed by atoms with Crippen molar-refractivity contribution >= 4 is 17.8 Å². The standard InChI is InChI=1S/C16H24N2O4/c1-16(22,10-9-11-7-5-4-6-8-11)12-13(19)17(2)15(21)18(3)14(12)20/h9-12,22H,4-8H2,1-3H3/b10-9+. The summed E-state index contributed by atoms with van der Waals surface area (Å²) in [5, 5.41) is 10.6. The molecular formula is C16H24N2O4. The number of amides is 4. The lowest BCUT2D eigenvalue weighted by atomic mass is 9.82. The first-order valence-corrected chi connectivity index (χ1v) is 7.76. The Morgan fingerprint density at radius 2 is 1.55 bits per heavy atom. The van der Waals surface area contributed by atoms with Crippen LogP contribution in [0.25, 0.3) is 0 Å². The number of carbonyl (C=O) groups excluding carboxylic acids is 3.